The molecule has 6 nitrogen and oxygen atoms in total. The lowest BCUT2D eigenvalue weighted by Gasteiger charge is -2.15. The molecule has 0 aliphatic carbocycles. The minimum absolute atomic E-state index is 0.152. The molecule has 1 heterocycles. The van der Waals surface area contributed by atoms with Crippen molar-refractivity contribution >= 4 is 17.0 Å². The first-order valence-electron chi connectivity index (χ1n) is 8.87. The van der Waals surface area contributed by atoms with Crippen LogP contribution >= 0.6 is 0 Å². The van der Waals surface area contributed by atoms with Crippen LogP contribution in [0.1, 0.15) is 17.0 Å². The summed E-state index contributed by atoms with van der Waals surface area (Å²) in [6.45, 7) is -0.198. The number of rotatable bonds is 6. The first kappa shape index (κ1) is 19.6. The molecule has 3 aromatic rings. The number of hydrogen-bond acceptors (Lipinski definition) is 3. The van der Waals surface area contributed by atoms with Crippen LogP contribution in [0.4, 0.5) is 8.78 Å². The summed E-state index contributed by atoms with van der Waals surface area (Å²) in [5.74, 6) is 1.55. The molecule has 3 rings (SSSR count). The molecule has 1 aromatic heterocycles. The molecular weight excluding hydrogens is 364 g/mol. The molecule has 0 aliphatic rings. The zero-order valence-corrected chi connectivity index (χ0v) is 16.0. The van der Waals surface area contributed by atoms with Gasteiger partial charge in [0, 0.05) is 26.2 Å². The van der Waals surface area contributed by atoms with E-state index in [9.17, 15) is 8.78 Å². The monoisotopic (exact) mass is 387 g/mol. The second-order valence-electron chi connectivity index (χ2n) is 6.34. The van der Waals surface area contributed by atoms with Crippen molar-refractivity contribution in [3.05, 3.63) is 59.4 Å². The number of ether oxygens (including phenoxy) is 1. The summed E-state index contributed by atoms with van der Waals surface area (Å²) in [4.78, 5) is 8.79. The Morgan fingerprint density at radius 3 is 2.64 bits per heavy atom. The van der Waals surface area contributed by atoms with Crippen LogP contribution in [0.25, 0.3) is 11.0 Å². The van der Waals surface area contributed by atoms with Crippen molar-refractivity contribution in [2.75, 3.05) is 7.05 Å². The summed E-state index contributed by atoms with van der Waals surface area (Å²) in [7, 11) is 3.61. The van der Waals surface area contributed by atoms with Crippen LogP contribution in [-0.2, 0) is 20.1 Å². The minimum Gasteiger partial charge on any atom is -0.434 e. The zero-order valence-electron chi connectivity index (χ0n) is 16.0. The van der Waals surface area contributed by atoms with E-state index in [1.54, 1.807) is 19.2 Å². The quantitative estimate of drug-likeness (QED) is 0.503. The van der Waals surface area contributed by atoms with Gasteiger partial charge in [0.05, 0.1) is 17.6 Å². The van der Waals surface area contributed by atoms with Crippen molar-refractivity contribution in [3.63, 3.8) is 0 Å². The molecule has 2 aromatic carbocycles. The van der Waals surface area contributed by atoms with E-state index in [-0.39, 0.29) is 5.75 Å². The topological polar surface area (TPSA) is 63.5 Å². The molecule has 0 unspecified atom stereocenters. The third-order valence-electron chi connectivity index (χ3n) is 4.40. The molecule has 0 radical (unpaired) electrons. The van der Waals surface area contributed by atoms with Gasteiger partial charge in [-0.05, 0) is 25.1 Å². The first-order valence-corrected chi connectivity index (χ1v) is 8.87. The standard InChI is InChI=1S/C20H23F2N5O/c1-13-8-9-17(28-19(21)22)14(10-13)11-24-20(23-2)25-12-18-26-15-6-4-5-7-16(15)27(18)3/h4-10,19H,11-12H2,1-3H3,(H2,23,24,25). The zero-order chi connectivity index (χ0) is 20.1. The van der Waals surface area contributed by atoms with Crippen LogP contribution in [0.2, 0.25) is 0 Å². The largest absolute Gasteiger partial charge is 0.434 e. The maximum absolute atomic E-state index is 12.6. The first-order chi connectivity index (χ1) is 13.5. The molecule has 0 saturated carbocycles. The van der Waals surface area contributed by atoms with E-state index < -0.39 is 6.61 Å². The van der Waals surface area contributed by atoms with Crippen molar-refractivity contribution in [1.82, 2.24) is 20.2 Å². The molecule has 8 heteroatoms. The molecule has 0 saturated heterocycles. The Balaban J connectivity index is 1.65. The number of imidazole rings is 1. The van der Waals surface area contributed by atoms with Gasteiger partial charge in [0.15, 0.2) is 5.96 Å². The minimum atomic E-state index is -2.86. The van der Waals surface area contributed by atoms with Crippen LogP contribution in [0.3, 0.4) is 0 Å². The Morgan fingerprint density at radius 1 is 1.18 bits per heavy atom. The number of benzene rings is 2. The Morgan fingerprint density at radius 2 is 1.93 bits per heavy atom. The van der Waals surface area contributed by atoms with Gasteiger partial charge in [0.2, 0.25) is 0 Å². The number of fused-ring (bicyclic) bond motifs is 1. The lowest BCUT2D eigenvalue weighted by molar-refractivity contribution is -0.0504. The highest BCUT2D eigenvalue weighted by Gasteiger charge is 2.11. The van der Waals surface area contributed by atoms with E-state index in [2.05, 4.69) is 25.3 Å². The third kappa shape index (κ3) is 4.57. The van der Waals surface area contributed by atoms with Crippen molar-refractivity contribution in [1.29, 1.82) is 0 Å². The summed E-state index contributed by atoms with van der Waals surface area (Å²) in [6, 6.07) is 13.0. The normalized spacial score (nSPS) is 11.9. The van der Waals surface area contributed by atoms with Crippen LogP contribution < -0.4 is 15.4 Å². The lowest BCUT2D eigenvalue weighted by Crippen LogP contribution is -2.37. The summed E-state index contributed by atoms with van der Waals surface area (Å²) in [5, 5.41) is 6.33. The highest BCUT2D eigenvalue weighted by Crippen LogP contribution is 2.22. The summed E-state index contributed by atoms with van der Waals surface area (Å²) < 4.78 is 31.8. The van der Waals surface area contributed by atoms with Crippen molar-refractivity contribution in [2.24, 2.45) is 12.0 Å². The maximum atomic E-state index is 12.6. The predicted octanol–water partition coefficient (Wildman–Crippen LogP) is 3.35. The number of aliphatic imine (C=N–C) groups is 1. The van der Waals surface area contributed by atoms with Crippen LogP contribution in [-0.4, -0.2) is 29.2 Å². The van der Waals surface area contributed by atoms with E-state index in [1.807, 2.05) is 48.9 Å². The lowest BCUT2D eigenvalue weighted by atomic mass is 10.1. The van der Waals surface area contributed by atoms with E-state index in [0.29, 0.717) is 24.6 Å². The number of nitrogens with one attached hydrogen (secondary N) is 2. The number of aryl methyl sites for hydroxylation is 2. The van der Waals surface area contributed by atoms with Crippen LogP contribution in [0, 0.1) is 6.92 Å². The molecule has 148 valence electrons. The van der Waals surface area contributed by atoms with Crippen molar-refractivity contribution in [2.45, 2.75) is 26.6 Å². The van der Waals surface area contributed by atoms with Crippen LogP contribution in [0.15, 0.2) is 47.5 Å². The Kier molecular flexibility index (Phi) is 6.08. The van der Waals surface area contributed by atoms with Gasteiger partial charge in [-0.25, -0.2) is 4.98 Å². The van der Waals surface area contributed by atoms with Gasteiger partial charge in [-0.1, -0.05) is 29.8 Å². The molecule has 0 bridgehead atoms. The molecule has 0 amide bonds. The van der Waals surface area contributed by atoms with Gasteiger partial charge in [-0.3, -0.25) is 4.99 Å². The predicted molar refractivity (Wildman–Crippen MR) is 106 cm³/mol. The van der Waals surface area contributed by atoms with Gasteiger partial charge in [-0.2, -0.15) is 8.78 Å². The summed E-state index contributed by atoms with van der Waals surface area (Å²) >= 11 is 0. The Bertz CT molecular complexity index is 984. The second-order valence-corrected chi connectivity index (χ2v) is 6.34. The smallest absolute Gasteiger partial charge is 0.387 e. The molecule has 0 atom stereocenters. The third-order valence-corrected chi connectivity index (χ3v) is 4.40. The number of para-hydroxylation sites is 2. The van der Waals surface area contributed by atoms with E-state index in [0.717, 1.165) is 22.4 Å². The van der Waals surface area contributed by atoms with Crippen molar-refractivity contribution in [3.8, 4) is 5.75 Å². The SMILES string of the molecule is CN=C(NCc1cc(C)ccc1OC(F)F)NCc1nc2ccccc2n1C. The molecule has 0 aliphatic heterocycles. The van der Waals surface area contributed by atoms with Crippen molar-refractivity contribution < 1.29 is 13.5 Å². The van der Waals surface area contributed by atoms with E-state index >= 15 is 0 Å². The second kappa shape index (κ2) is 8.69. The van der Waals surface area contributed by atoms with Gasteiger partial charge in [0.1, 0.15) is 11.6 Å². The molecular formula is C20H23F2N5O. The fourth-order valence-corrected chi connectivity index (χ4v) is 2.97. The van der Waals surface area contributed by atoms with Crippen LogP contribution in [0.5, 0.6) is 5.75 Å². The van der Waals surface area contributed by atoms with Gasteiger partial charge < -0.3 is 19.9 Å². The highest BCUT2D eigenvalue weighted by atomic mass is 19.3. The molecule has 0 spiro atoms. The van der Waals surface area contributed by atoms with Gasteiger partial charge >= 0.3 is 6.61 Å². The van der Waals surface area contributed by atoms with Gasteiger partial charge in [-0.15, -0.1) is 0 Å². The average Bonchev–Trinajstić information content (AvgIpc) is 2.99. The van der Waals surface area contributed by atoms with E-state index in [4.69, 9.17) is 0 Å². The Hall–Kier alpha value is -3.16. The molecule has 0 fully saturated rings. The molecule has 28 heavy (non-hydrogen) atoms. The fraction of sp³-hybridized carbons (Fsp3) is 0.300. The Labute approximate surface area is 162 Å². The number of halogens is 2. The fourth-order valence-electron chi connectivity index (χ4n) is 2.97. The highest BCUT2D eigenvalue weighted by molar-refractivity contribution is 5.80. The average molecular weight is 387 g/mol. The molecule has 2 N–H and O–H groups in total. The number of nitrogens with zero attached hydrogens (tertiary/aromatic N) is 3. The van der Waals surface area contributed by atoms with E-state index in [1.165, 1.54) is 0 Å². The number of alkyl halides is 2. The number of hydrogen-bond donors (Lipinski definition) is 2. The summed E-state index contributed by atoms with van der Waals surface area (Å²) in [6.07, 6.45) is 0. The maximum Gasteiger partial charge on any atom is 0.387 e. The van der Waals surface area contributed by atoms with Gasteiger partial charge in [0.25, 0.3) is 0 Å². The number of guanidine groups is 1. The summed E-state index contributed by atoms with van der Waals surface area (Å²) in [5.41, 5.74) is 3.57. The number of aromatic nitrogens is 2.